The Morgan fingerprint density at radius 3 is 2.89 bits per heavy atom. The summed E-state index contributed by atoms with van der Waals surface area (Å²) in [4.78, 5) is 15.9. The standard InChI is InChI=1S/C20H22N4O3/c1-24(10-4-5-11-24)12-13-27-20-19(17-6-2-3-9-23(17)22-20)21-16-8-7-15(25)14-18(16)26/h2-3,6-9,14H,4-5,10-13H2,1H3/p+1/b21-16+. The molecule has 0 spiro atoms. The number of ether oxygens (including phenoxy) is 1. The number of hydrogen-bond acceptors (Lipinski definition) is 5. The molecule has 1 aliphatic heterocycles. The SMILES string of the molecule is C[N+]1(CCOc2nn3ccccc3c2/N=C2\C=CC(=O)C=C2O)CCCC1. The number of quaternary nitrogens is 1. The number of carbonyl (C=O) groups excluding carboxylic acids is 1. The molecule has 0 bridgehead atoms. The molecule has 1 saturated heterocycles. The van der Waals surface area contributed by atoms with Crippen molar-refractivity contribution >= 4 is 22.7 Å². The molecule has 0 atom stereocenters. The molecule has 0 radical (unpaired) electrons. The van der Waals surface area contributed by atoms with Gasteiger partial charge in [-0.05, 0) is 24.3 Å². The molecule has 27 heavy (non-hydrogen) atoms. The lowest BCUT2D eigenvalue weighted by molar-refractivity contribution is -0.897. The summed E-state index contributed by atoms with van der Waals surface area (Å²) in [7, 11) is 2.26. The first kappa shape index (κ1) is 17.5. The number of rotatable bonds is 5. The highest BCUT2D eigenvalue weighted by molar-refractivity contribution is 6.19. The Bertz CT molecular complexity index is 965. The molecule has 3 heterocycles. The smallest absolute Gasteiger partial charge is 0.260 e. The number of ketones is 1. The van der Waals surface area contributed by atoms with Crippen LogP contribution in [0, 0.1) is 0 Å². The van der Waals surface area contributed by atoms with Gasteiger partial charge in [0.2, 0.25) is 0 Å². The van der Waals surface area contributed by atoms with Crippen LogP contribution >= 0.6 is 0 Å². The highest BCUT2D eigenvalue weighted by Crippen LogP contribution is 2.33. The van der Waals surface area contributed by atoms with E-state index in [1.165, 1.54) is 38.1 Å². The summed E-state index contributed by atoms with van der Waals surface area (Å²) in [6.45, 7) is 3.83. The number of carbonyl (C=O) groups is 1. The van der Waals surface area contributed by atoms with E-state index in [1.54, 1.807) is 4.52 Å². The second-order valence-electron chi connectivity index (χ2n) is 7.29. The lowest BCUT2D eigenvalue weighted by Gasteiger charge is -2.28. The largest absolute Gasteiger partial charge is 0.506 e. The average Bonchev–Trinajstić information content (AvgIpc) is 3.22. The molecule has 0 amide bonds. The van der Waals surface area contributed by atoms with Crippen molar-refractivity contribution in [3.8, 4) is 5.88 Å². The Morgan fingerprint density at radius 1 is 1.30 bits per heavy atom. The van der Waals surface area contributed by atoms with Crippen LogP contribution in [0.4, 0.5) is 5.69 Å². The van der Waals surface area contributed by atoms with Gasteiger partial charge < -0.3 is 14.3 Å². The summed E-state index contributed by atoms with van der Waals surface area (Å²) in [5.74, 6) is 0.0156. The number of aliphatic imine (C=N–C) groups is 1. The summed E-state index contributed by atoms with van der Waals surface area (Å²) >= 11 is 0. The number of aromatic nitrogens is 2. The van der Waals surface area contributed by atoms with Crippen LogP contribution in [-0.2, 0) is 4.79 Å². The number of allylic oxidation sites excluding steroid dienone is 3. The van der Waals surface area contributed by atoms with E-state index in [0.717, 1.165) is 22.6 Å². The number of aliphatic hydroxyl groups is 1. The van der Waals surface area contributed by atoms with Crippen molar-refractivity contribution in [1.82, 2.24) is 9.61 Å². The molecule has 2 aromatic heterocycles. The summed E-state index contributed by atoms with van der Waals surface area (Å²) in [6.07, 6.45) is 8.40. The van der Waals surface area contributed by atoms with Crippen LogP contribution in [0.15, 0.2) is 53.4 Å². The van der Waals surface area contributed by atoms with E-state index in [1.807, 2.05) is 24.4 Å². The number of nitrogens with zero attached hydrogens (tertiary/aromatic N) is 4. The maximum absolute atomic E-state index is 11.4. The molecule has 7 heteroatoms. The van der Waals surface area contributed by atoms with E-state index in [2.05, 4.69) is 17.1 Å². The molecule has 2 aromatic rings. The zero-order valence-electron chi connectivity index (χ0n) is 15.3. The number of aliphatic hydroxyl groups excluding tert-OH is 1. The maximum atomic E-state index is 11.4. The fourth-order valence-electron chi connectivity index (χ4n) is 3.57. The van der Waals surface area contributed by atoms with Crippen LogP contribution in [-0.4, -0.2) is 64.0 Å². The van der Waals surface area contributed by atoms with Gasteiger partial charge in [-0.1, -0.05) is 6.07 Å². The minimum atomic E-state index is -0.259. The highest BCUT2D eigenvalue weighted by atomic mass is 16.5. The van der Waals surface area contributed by atoms with Crippen molar-refractivity contribution in [1.29, 1.82) is 0 Å². The zero-order chi connectivity index (χ0) is 18.9. The van der Waals surface area contributed by atoms with Crippen molar-refractivity contribution in [2.75, 3.05) is 33.3 Å². The van der Waals surface area contributed by atoms with Gasteiger partial charge in [-0.3, -0.25) is 4.79 Å². The Hall–Kier alpha value is -2.93. The van der Waals surface area contributed by atoms with Crippen LogP contribution in [0.1, 0.15) is 12.8 Å². The lowest BCUT2D eigenvalue weighted by atomic mass is 10.1. The van der Waals surface area contributed by atoms with Crippen LogP contribution in [0.5, 0.6) is 5.88 Å². The van der Waals surface area contributed by atoms with Gasteiger partial charge >= 0.3 is 0 Å². The summed E-state index contributed by atoms with van der Waals surface area (Å²) in [6, 6.07) is 5.68. The summed E-state index contributed by atoms with van der Waals surface area (Å²) in [5, 5.41) is 14.5. The van der Waals surface area contributed by atoms with Crippen molar-refractivity contribution in [2.45, 2.75) is 12.8 Å². The molecule has 0 saturated carbocycles. The topological polar surface area (TPSA) is 76.2 Å². The van der Waals surface area contributed by atoms with Crippen molar-refractivity contribution in [2.24, 2.45) is 4.99 Å². The van der Waals surface area contributed by atoms with Gasteiger partial charge in [0.15, 0.2) is 11.5 Å². The molecule has 7 nitrogen and oxygen atoms in total. The Labute approximate surface area is 157 Å². The number of hydrogen-bond donors (Lipinski definition) is 1. The number of likely N-dealkylation sites (N-methyl/N-ethyl adjacent to an activating group) is 1. The predicted octanol–water partition coefficient (Wildman–Crippen LogP) is 2.61. The highest BCUT2D eigenvalue weighted by Gasteiger charge is 2.27. The second-order valence-corrected chi connectivity index (χ2v) is 7.29. The molecule has 2 aliphatic rings. The third-order valence-electron chi connectivity index (χ3n) is 5.18. The number of likely N-dealkylation sites (tertiary alicyclic amines) is 1. The summed E-state index contributed by atoms with van der Waals surface area (Å²) in [5.41, 5.74) is 1.64. The Balaban J connectivity index is 1.62. The molecule has 140 valence electrons. The van der Waals surface area contributed by atoms with Crippen molar-refractivity contribution < 1.29 is 19.1 Å². The fraction of sp³-hybridized carbons (Fsp3) is 0.350. The zero-order valence-corrected chi connectivity index (χ0v) is 15.3. The normalized spacial score (nSPS) is 20.4. The van der Waals surface area contributed by atoms with Gasteiger partial charge in [0.1, 0.15) is 24.6 Å². The first-order valence-electron chi connectivity index (χ1n) is 9.20. The number of pyridine rings is 1. The van der Waals surface area contributed by atoms with Crippen LogP contribution in [0.3, 0.4) is 0 Å². The van der Waals surface area contributed by atoms with E-state index in [0.29, 0.717) is 23.9 Å². The van der Waals surface area contributed by atoms with E-state index >= 15 is 0 Å². The Morgan fingerprint density at radius 2 is 2.11 bits per heavy atom. The molecular weight excluding hydrogens is 344 g/mol. The van der Waals surface area contributed by atoms with Crippen LogP contribution < -0.4 is 4.74 Å². The fourth-order valence-corrected chi connectivity index (χ4v) is 3.57. The van der Waals surface area contributed by atoms with Crippen LogP contribution in [0.2, 0.25) is 0 Å². The molecule has 1 aliphatic carbocycles. The van der Waals surface area contributed by atoms with Gasteiger partial charge in [-0.2, -0.15) is 0 Å². The molecule has 1 fully saturated rings. The quantitative estimate of drug-likeness (QED) is 0.651. The van der Waals surface area contributed by atoms with E-state index < -0.39 is 0 Å². The van der Waals surface area contributed by atoms with Crippen molar-refractivity contribution in [3.05, 3.63) is 48.4 Å². The third kappa shape index (κ3) is 3.64. The van der Waals surface area contributed by atoms with E-state index in [-0.39, 0.29) is 11.5 Å². The minimum Gasteiger partial charge on any atom is -0.506 e. The monoisotopic (exact) mass is 367 g/mol. The van der Waals surface area contributed by atoms with Gasteiger partial charge in [-0.15, -0.1) is 5.10 Å². The molecule has 4 rings (SSSR count). The second kappa shape index (κ2) is 7.00. The molecule has 1 N–H and O–H groups in total. The van der Waals surface area contributed by atoms with E-state index in [9.17, 15) is 9.90 Å². The first-order chi connectivity index (χ1) is 13.0. The first-order valence-corrected chi connectivity index (χ1v) is 9.20. The Kier molecular flexibility index (Phi) is 4.53. The van der Waals surface area contributed by atoms with Gasteiger partial charge in [0.05, 0.1) is 25.7 Å². The average molecular weight is 367 g/mol. The maximum Gasteiger partial charge on any atom is 0.260 e. The lowest BCUT2D eigenvalue weighted by Crippen LogP contribution is -2.43. The summed E-state index contributed by atoms with van der Waals surface area (Å²) < 4.78 is 8.73. The molecule has 0 aromatic carbocycles. The van der Waals surface area contributed by atoms with Gasteiger partial charge in [-0.25, -0.2) is 9.51 Å². The van der Waals surface area contributed by atoms with Crippen LogP contribution in [0.25, 0.3) is 5.52 Å². The van der Waals surface area contributed by atoms with Gasteiger partial charge in [0, 0.05) is 25.1 Å². The minimum absolute atomic E-state index is 0.154. The van der Waals surface area contributed by atoms with Gasteiger partial charge in [0.25, 0.3) is 5.88 Å². The third-order valence-corrected chi connectivity index (χ3v) is 5.18. The number of fused-ring (bicyclic) bond motifs is 1. The van der Waals surface area contributed by atoms with E-state index in [4.69, 9.17) is 4.74 Å². The molecular formula is C20H23N4O3+. The predicted molar refractivity (Wildman–Crippen MR) is 103 cm³/mol. The molecule has 0 unspecified atom stereocenters. The van der Waals surface area contributed by atoms with Crippen molar-refractivity contribution in [3.63, 3.8) is 0 Å².